The molecule has 0 heterocycles. The summed E-state index contributed by atoms with van der Waals surface area (Å²) in [5.74, 6) is 2.58. The van der Waals surface area contributed by atoms with Crippen molar-refractivity contribution in [3.63, 3.8) is 0 Å². The van der Waals surface area contributed by atoms with E-state index in [1.807, 2.05) is 11.8 Å². The molecule has 0 saturated carbocycles. The highest BCUT2D eigenvalue weighted by Crippen LogP contribution is 1.99. The summed E-state index contributed by atoms with van der Waals surface area (Å²) in [6.07, 6.45) is 1.30. The molecular formula is C7H17NS. The van der Waals surface area contributed by atoms with Crippen LogP contribution in [0.3, 0.4) is 0 Å². The van der Waals surface area contributed by atoms with E-state index in [0.29, 0.717) is 0 Å². The van der Waals surface area contributed by atoms with Crippen LogP contribution in [0.15, 0.2) is 0 Å². The predicted octanol–water partition coefficient (Wildman–Crippen LogP) is 1.74. The Morgan fingerprint density at radius 3 is 2.56 bits per heavy atom. The Balaban J connectivity index is 2.60. The van der Waals surface area contributed by atoms with Gasteiger partial charge in [0.2, 0.25) is 0 Å². The minimum atomic E-state index is 1.10. The summed E-state index contributed by atoms with van der Waals surface area (Å²) in [6, 6.07) is 0. The molecule has 56 valence electrons. The highest BCUT2D eigenvalue weighted by Gasteiger charge is 1.84. The van der Waals surface area contributed by atoms with Gasteiger partial charge in [-0.1, -0.05) is 13.8 Å². The van der Waals surface area contributed by atoms with E-state index < -0.39 is 0 Å². The van der Waals surface area contributed by atoms with Gasteiger partial charge in [-0.05, 0) is 18.7 Å². The summed E-state index contributed by atoms with van der Waals surface area (Å²) in [6.45, 7) is 6.64. The smallest absolute Gasteiger partial charge is 0.00580 e. The topological polar surface area (TPSA) is 12.0 Å². The minimum Gasteiger partial charge on any atom is -0.316 e. The zero-order valence-electron chi connectivity index (χ0n) is 6.44. The van der Waals surface area contributed by atoms with Gasteiger partial charge in [0.25, 0.3) is 0 Å². The van der Waals surface area contributed by atoms with Crippen LogP contribution in [0.4, 0.5) is 0 Å². The second-order valence-corrected chi connectivity index (χ2v) is 3.19. The average Bonchev–Trinajstić information content (AvgIpc) is 1.89. The summed E-state index contributed by atoms with van der Waals surface area (Å²) >= 11 is 2.03. The molecule has 0 spiro atoms. The molecular weight excluding hydrogens is 130 g/mol. The summed E-state index contributed by atoms with van der Waals surface area (Å²) in [4.78, 5) is 0. The molecule has 0 saturated heterocycles. The fourth-order valence-corrected chi connectivity index (χ4v) is 1.35. The maximum Gasteiger partial charge on any atom is 0.00580 e. The van der Waals surface area contributed by atoms with Crippen molar-refractivity contribution in [2.45, 2.75) is 20.3 Å². The normalized spacial score (nSPS) is 10.0. The van der Waals surface area contributed by atoms with Crippen LogP contribution in [-0.2, 0) is 0 Å². The molecule has 0 atom stereocenters. The lowest BCUT2D eigenvalue weighted by Gasteiger charge is -1.98. The molecule has 0 aliphatic rings. The van der Waals surface area contributed by atoms with E-state index in [9.17, 15) is 0 Å². The van der Waals surface area contributed by atoms with Crippen molar-refractivity contribution in [2.24, 2.45) is 0 Å². The Bertz CT molecular complexity index is 42.2. The fraction of sp³-hybridized carbons (Fsp3) is 1.00. The highest BCUT2D eigenvalue weighted by molar-refractivity contribution is 7.99. The van der Waals surface area contributed by atoms with Crippen LogP contribution in [0.1, 0.15) is 20.3 Å². The summed E-state index contributed by atoms with van der Waals surface area (Å²) < 4.78 is 0. The lowest BCUT2D eigenvalue weighted by molar-refractivity contribution is 0.768. The molecule has 0 amide bonds. The van der Waals surface area contributed by atoms with Crippen molar-refractivity contribution in [2.75, 3.05) is 24.6 Å². The lowest BCUT2D eigenvalue weighted by atomic mass is 10.6. The number of rotatable bonds is 6. The largest absolute Gasteiger partial charge is 0.316 e. The van der Waals surface area contributed by atoms with Gasteiger partial charge in [-0.15, -0.1) is 0 Å². The number of hydrogen-bond donors (Lipinski definition) is 1. The van der Waals surface area contributed by atoms with E-state index in [1.54, 1.807) is 0 Å². The Morgan fingerprint density at radius 2 is 2.00 bits per heavy atom. The summed E-state index contributed by atoms with van der Waals surface area (Å²) in [7, 11) is 0. The second-order valence-electron chi connectivity index (χ2n) is 1.97. The van der Waals surface area contributed by atoms with Crippen molar-refractivity contribution in [1.82, 2.24) is 5.32 Å². The lowest BCUT2D eigenvalue weighted by Crippen LogP contribution is -2.15. The first-order valence-corrected chi connectivity index (χ1v) is 4.85. The average molecular weight is 147 g/mol. The number of thioether (sulfide) groups is 1. The molecule has 2 heteroatoms. The predicted molar refractivity (Wildman–Crippen MR) is 46.2 cm³/mol. The van der Waals surface area contributed by atoms with E-state index in [4.69, 9.17) is 0 Å². The molecule has 0 unspecified atom stereocenters. The monoisotopic (exact) mass is 147 g/mol. The molecule has 0 bridgehead atoms. The van der Waals surface area contributed by atoms with Gasteiger partial charge in [0, 0.05) is 12.3 Å². The Kier molecular flexibility index (Phi) is 8.60. The standard InChI is InChI=1S/C7H17NS/c1-3-6-9-7-5-8-4-2/h8H,3-7H2,1-2H3. The first kappa shape index (κ1) is 9.31. The third kappa shape index (κ3) is 8.31. The van der Waals surface area contributed by atoms with Crippen molar-refractivity contribution in [3.8, 4) is 0 Å². The van der Waals surface area contributed by atoms with Gasteiger partial charge in [0.15, 0.2) is 0 Å². The van der Waals surface area contributed by atoms with Crippen molar-refractivity contribution in [3.05, 3.63) is 0 Å². The number of hydrogen-bond acceptors (Lipinski definition) is 2. The molecule has 0 aliphatic heterocycles. The first-order valence-electron chi connectivity index (χ1n) is 3.70. The van der Waals surface area contributed by atoms with E-state index in [1.165, 1.54) is 24.5 Å². The zero-order chi connectivity index (χ0) is 6.95. The van der Waals surface area contributed by atoms with Crippen LogP contribution in [0, 0.1) is 0 Å². The highest BCUT2D eigenvalue weighted by atomic mass is 32.2. The zero-order valence-corrected chi connectivity index (χ0v) is 7.26. The maximum absolute atomic E-state index is 3.29. The molecule has 0 fully saturated rings. The van der Waals surface area contributed by atoms with Gasteiger partial charge < -0.3 is 5.32 Å². The fourth-order valence-electron chi connectivity index (χ4n) is 0.568. The molecule has 1 N–H and O–H groups in total. The third-order valence-electron chi connectivity index (χ3n) is 1.02. The molecule has 1 nitrogen and oxygen atoms in total. The number of nitrogens with one attached hydrogen (secondary N) is 1. The summed E-state index contributed by atoms with van der Waals surface area (Å²) in [5.41, 5.74) is 0. The van der Waals surface area contributed by atoms with E-state index in [0.717, 1.165) is 6.54 Å². The molecule has 0 aromatic heterocycles. The second kappa shape index (κ2) is 8.31. The Labute approximate surface area is 62.6 Å². The SMILES string of the molecule is CCCSCCNCC. The van der Waals surface area contributed by atoms with E-state index in [2.05, 4.69) is 19.2 Å². The molecule has 0 radical (unpaired) electrons. The molecule has 0 aromatic rings. The maximum atomic E-state index is 3.29. The molecule has 9 heavy (non-hydrogen) atoms. The van der Waals surface area contributed by atoms with Crippen LogP contribution in [-0.4, -0.2) is 24.6 Å². The van der Waals surface area contributed by atoms with Gasteiger partial charge in [-0.2, -0.15) is 11.8 Å². The van der Waals surface area contributed by atoms with Gasteiger partial charge in [-0.25, -0.2) is 0 Å². The van der Waals surface area contributed by atoms with Gasteiger partial charge in [-0.3, -0.25) is 0 Å². The van der Waals surface area contributed by atoms with Gasteiger partial charge in [0.1, 0.15) is 0 Å². The van der Waals surface area contributed by atoms with Crippen molar-refractivity contribution in [1.29, 1.82) is 0 Å². The first-order chi connectivity index (χ1) is 4.41. The van der Waals surface area contributed by atoms with Crippen LogP contribution in [0.5, 0.6) is 0 Å². The van der Waals surface area contributed by atoms with Gasteiger partial charge >= 0.3 is 0 Å². The van der Waals surface area contributed by atoms with Crippen LogP contribution in [0.2, 0.25) is 0 Å². The summed E-state index contributed by atoms with van der Waals surface area (Å²) in [5, 5.41) is 3.29. The molecule has 0 rings (SSSR count). The van der Waals surface area contributed by atoms with Crippen molar-refractivity contribution >= 4 is 11.8 Å². The van der Waals surface area contributed by atoms with Crippen LogP contribution >= 0.6 is 11.8 Å². The Morgan fingerprint density at radius 1 is 1.22 bits per heavy atom. The van der Waals surface area contributed by atoms with Crippen LogP contribution < -0.4 is 5.32 Å². The quantitative estimate of drug-likeness (QED) is 0.574. The van der Waals surface area contributed by atoms with E-state index >= 15 is 0 Å². The van der Waals surface area contributed by atoms with Crippen molar-refractivity contribution < 1.29 is 0 Å². The van der Waals surface area contributed by atoms with Crippen LogP contribution in [0.25, 0.3) is 0 Å². The molecule has 0 aliphatic carbocycles. The minimum absolute atomic E-state index is 1.10. The molecule has 0 aromatic carbocycles. The third-order valence-corrected chi connectivity index (χ3v) is 2.21. The Hall–Kier alpha value is 0.310. The van der Waals surface area contributed by atoms with Gasteiger partial charge in [0.05, 0.1) is 0 Å². The van der Waals surface area contributed by atoms with E-state index in [-0.39, 0.29) is 0 Å².